The Bertz CT molecular complexity index is 761. The van der Waals surface area contributed by atoms with Crippen LogP contribution in [0.4, 0.5) is 18.2 Å². The van der Waals surface area contributed by atoms with Gasteiger partial charge in [0.05, 0.1) is 10.6 Å². The maximum Gasteiger partial charge on any atom is 0.261 e. The van der Waals surface area contributed by atoms with Gasteiger partial charge in [-0.3, -0.25) is 0 Å². The molecule has 0 aliphatic rings. The summed E-state index contributed by atoms with van der Waals surface area (Å²) in [6.45, 7) is 0. The molecule has 0 amide bonds. The highest BCUT2D eigenvalue weighted by Crippen LogP contribution is 2.31. The quantitative estimate of drug-likeness (QED) is 0.736. The van der Waals surface area contributed by atoms with Gasteiger partial charge in [0.2, 0.25) is 5.82 Å². The third-order valence-corrected chi connectivity index (χ3v) is 3.34. The Morgan fingerprint density at radius 2 is 1.85 bits per heavy atom. The van der Waals surface area contributed by atoms with Crippen molar-refractivity contribution in [3.05, 3.63) is 41.0 Å². The number of aromatic nitrogens is 2. The third-order valence-electron chi connectivity index (χ3n) is 2.59. The lowest BCUT2D eigenvalue weighted by Gasteiger charge is -1.98. The van der Waals surface area contributed by atoms with Gasteiger partial charge in [0.25, 0.3) is 5.89 Å². The fourth-order valence-electron chi connectivity index (χ4n) is 1.63. The summed E-state index contributed by atoms with van der Waals surface area (Å²) in [4.78, 5) is 3.99. The summed E-state index contributed by atoms with van der Waals surface area (Å²) >= 11 is 1.29. The summed E-state index contributed by atoms with van der Waals surface area (Å²) in [5, 5.41) is 5.83. The van der Waals surface area contributed by atoms with Crippen LogP contribution < -0.4 is 5.73 Å². The largest absolute Gasteiger partial charge is 0.390 e. The summed E-state index contributed by atoms with van der Waals surface area (Å²) in [5.74, 6) is -4.10. The summed E-state index contributed by atoms with van der Waals surface area (Å²) in [6, 6.07) is 3.27. The Hall–Kier alpha value is -2.35. The van der Waals surface area contributed by atoms with Crippen molar-refractivity contribution in [3.63, 3.8) is 0 Å². The van der Waals surface area contributed by atoms with Crippen LogP contribution in [-0.2, 0) is 0 Å². The first-order valence-corrected chi connectivity index (χ1v) is 6.26. The lowest BCUT2D eigenvalue weighted by atomic mass is 10.2. The number of benzene rings is 1. The average molecular weight is 297 g/mol. The maximum atomic E-state index is 13.2. The van der Waals surface area contributed by atoms with Gasteiger partial charge in [-0.2, -0.15) is 4.98 Å². The first-order chi connectivity index (χ1) is 9.56. The van der Waals surface area contributed by atoms with Crippen molar-refractivity contribution in [2.75, 3.05) is 5.73 Å². The van der Waals surface area contributed by atoms with E-state index in [9.17, 15) is 13.2 Å². The second kappa shape index (κ2) is 4.64. The molecule has 8 heteroatoms. The van der Waals surface area contributed by atoms with Crippen LogP contribution in [0.1, 0.15) is 0 Å². The summed E-state index contributed by atoms with van der Waals surface area (Å²) < 4.78 is 44.2. The molecule has 2 aromatic heterocycles. The van der Waals surface area contributed by atoms with E-state index in [2.05, 4.69) is 10.1 Å². The van der Waals surface area contributed by atoms with E-state index in [1.807, 2.05) is 0 Å². The van der Waals surface area contributed by atoms with E-state index in [4.69, 9.17) is 10.3 Å². The van der Waals surface area contributed by atoms with E-state index in [0.717, 1.165) is 12.1 Å². The highest BCUT2D eigenvalue weighted by atomic mass is 32.1. The SMILES string of the molecule is Nc1sccc1-c1nc(-c2cc(F)c(F)c(F)c2)no1. The van der Waals surface area contributed by atoms with Crippen molar-refractivity contribution in [1.82, 2.24) is 10.1 Å². The number of anilines is 1. The Morgan fingerprint density at radius 1 is 1.15 bits per heavy atom. The predicted octanol–water partition coefficient (Wildman–Crippen LogP) is 3.46. The van der Waals surface area contributed by atoms with Crippen LogP contribution in [0.5, 0.6) is 0 Å². The topological polar surface area (TPSA) is 64.9 Å². The summed E-state index contributed by atoms with van der Waals surface area (Å²) in [5.41, 5.74) is 6.23. The second-order valence-corrected chi connectivity index (χ2v) is 4.82. The zero-order valence-electron chi connectivity index (χ0n) is 9.73. The van der Waals surface area contributed by atoms with Crippen LogP contribution >= 0.6 is 11.3 Å². The first kappa shape index (κ1) is 12.7. The molecule has 0 radical (unpaired) electrons. The van der Waals surface area contributed by atoms with Crippen molar-refractivity contribution in [1.29, 1.82) is 0 Å². The summed E-state index contributed by atoms with van der Waals surface area (Å²) in [6.07, 6.45) is 0. The molecule has 3 rings (SSSR count). The van der Waals surface area contributed by atoms with E-state index in [1.165, 1.54) is 11.3 Å². The molecular weight excluding hydrogens is 291 g/mol. The number of nitrogens with two attached hydrogens (primary N) is 1. The van der Waals surface area contributed by atoms with Gasteiger partial charge in [-0.25, -0.2) is 13.2 Å². The molecule has 4 nitrogen and oxygen atoms in total. The molecule has 1 aromatic carbocycles. The molecule has 0 unspecified atom stereocenters. The first-order valence-electron chi connectivity index (χ1n) is 5.38. The fraction of sp³-hybridized carbons (Fsp3) is 0. The van der Waals surface area contributed by atoms with E-state index < -0.39 is 17.5 Å². The number of hydrogen-bond donors (Lipinski definition) is 1. The third kappa shape index (κ3) is 2.03. The molecule has 0 aliphatic carbocycles. The molecule has 0 spiro atoms. The van der Waals surface area contributed by atoms with Crippen molar-refractivity contribution >= 4 is 16.3 Å². The molecule has 0 atom stereocenters. The number of nitrogen functional groups attached to an aromatic ring is 1. The Labute approximate surface area is 114 Å². The minimum atomic E-state index is -1.54. The number of hydrogen-bond acceptors (Lipinski definition) is 5. The maximum absolute atomic E-state index is 13.2. The second-order valence-electron chi connectivity index (χ2n) is 3.88. The number of thiophene rings is 1. The van der Waals surface area contributed by atoms with Crippen molar-refractivity contribution in [3.8, 4) is 22.8 Å². The minimum Gasteiger partial charge on any atom is -0.390 e. The van der Waals surface area contributed by atoms with Crippen molar-refractivity contribution in [2.45, 2.75) is 0 Å². The van der Waals surface area contributed by atoms with Crippen LogP contribution in [0, 0.1) is 17.5 Å². The molecule has 2 heterocycles. The molecule has 0 aliphatic heterocycles. The molecule has 0 saturated heterocycles. The van der Waals surface area contributed by atoms with Crippen molar-refractivity contribution in [2.24, 2.45) is 0 Å². The van der Waals surface area contributed by atoms with E-state index >= 15 is 0 Å². The molecule has 20 heavy (non-hydrogen) atoms. The van der Waals surface area contributed by atoms with Gasteiger partial charge >= 0.3 is 0 Å². The number of nitrogens with zero attached hydrogens (tertiary/aromatic N) is 2. The van der Waals surface area contributed by atoms with Gasteiger partial charge in [-0.15, -0.1) is 11.3 Å². The predicted molar refractivity (Wildman–Crippen MR) is 67.3 cm³/mol. The Kier molecular flexibility index (Phi) is 2.94. The van der Waals surface area contributed by atoms with E-state index in [-0.39, 0.29) is 17.3 Å². The van der Waals surface area contributed by atoms with Gasteiger partial charge in [-0.05, 0) is 23.6 Å². The van der Waals surface area contributed by atoms with Gasteiger partial charge in [0, 0.05) is 5.56 Å². The van der Waals surface area contributed by atoms with Gasteiger partial charge in [0.15, 0.2) is 17.5 Å². The van der Waals surface area contributed by atoms with E-state index in [0.29, 0.717) is 10.6 Å². The minimum absolute atomic E-state index is 0.0230. The lowest BCUT2D eigenvalue weighted by Crippen LogP contribution is -1.92. The lowest BCUT2D eigenvalue weighted by molar-refractivity contribution is 0.431. The standard InChI is InChI=1S/C12H6F3N3OS/c13-7-3-5(4-8(14)9(7)15)11-17-12(19-18-11)6-1-2-20-10(6)16/h1-4H,16H2. The van der Waals surface area contributed by atoms with Crippen LogP contribution in [0.2, 0.25) is 0 Å². The number of halogens is 3. The number of rotatable bonds is 2. The van der Waals surface area contributed by atoms with Gasteiger partial charge in [0.1, 0.15) is 0 Å². The van der Waals surface area contributed by atoms with Gasteiger partial charge in [-0.1, -0.05) is 5.16 Å². The van der Waals surface area contributed by atoms with Crippen molar-refractivity contribution < 1.29 is 17.7 Å². The molecular formula is C12H6F3N3OS. The Balaban J connectivity index is 2.05. The van der Waals surface area contributed by atoms with Crippen LogP contribution in [0.15, 0.2) is 28.1 Å². The molecule has 0 bridgehead atoms. The fourth-order valence-corrected chi connectivity index (χ4v) is 2.27. The monoisotopic (exact) mass is 297 g/mol. The molecule has 2 N–H and O–H groups in total. The summed E-state index contributed by atoms with van der Waals surface area (Å²) in [7, 11) is 0. The van der Waals surface area contributed by atoms with Crippen LogP contribution in [0.3, 0.4) is 0 Å². The molecule has 0 fully saturated rings. The van der Waals surface area contributed by atoms with Crippen LogP contribution in [0.25, 0.3) is 22.8 Å². The van der Waals surface area contributed by atoms with Gasteiger partial charge < -0.3 is 10.3 Å². The molecule has 3 aromatic rings. The zero-order valence-corrected chi connectivity index (χ0v) is 10.5. The average Bonchev–Trinajstić information content (AvgIpc) is 3.03. The molecule has 0 saturated carbocycles. The molecule has 102 valence electrons. The normalized spacial score (nSPS) is 10.9. The van der Waals surface area contributed by atoms with Crippen LogP contribution in [-0.4, -0.2) is 10.1 Å². The Morgan fingerprint density at radius 3 is 2.45 bits per heavy atom. The smallest absolute Gasteiger partial charge is 0.261 e. The highest BCUT2D eigenvalue weighted by molar-refractivity contribution is 7.14. The van der Waals surface area contributed by atoms with E-state index in [1.54, 1.807) is 11.4 Å². The zero-order chi connectivity index (χ0) is 14.3. The highest BCUT2D eigenvalue weighted by Gasteiger charge is 2.17.